The van der Waals surface area contributed by atoms with E-state index in [1.54, 1.807) is 24.3 Å². The van der Waals surface area contributed by atoms with Crippen LogP contribution in [0.25, 0.3) is 0 Å². The Kier molecular flexibility index (Phi) is 6.39. The lowest BCUT2D eigenvalue weighted by Crippen LogP contribution is -2.24. The van der Waals surface area contributed by atoms with Crippen molar-refractivity contribution in [3.63, 3.8) is 0 Å². The summed E-state index contributed by atoms with van der Waals surface area (Å²) in [5.41, 5.74) is 0.734. The maximum atomic E-state index is 12.1. The first-order valence-electron chi connectivity index (χ1n) is 6.55. The molecule has 0 saturated heterocycles. The maximum absolute atomic E-state index is 12.1. The third-order valence-electron chi connectivity index (χ3n) is 2.93. The van der Waals surface area contributed by atoms with Gasteiger partial charge in [0.1, 0.15) is 5.75 Å². The SMILES string of the molecule is O=C(CS(=O)(=O)Cc1ccc(Cl)cc1)Nc1cc(Cl)c(Cl)cc1Cl. The normalized spacial score (nSPS) is 11.3. The summed E-state index contributed by atoms with van der Waals surface area (Å²) in [5.74, 6) is -1.68. The summed E-state index contributed by atoms with van der Waals surface area (Å²) in [6.45, 7) is 0. The molecule has 0 bridgehead atoms. The van der Waals surface area contributed by atoms with Crippen LogP contribution < -0.4 is 5.32 Å². The standard InChI is InChI=1S/C15H11Cl4NO3S/c16-10-3-1-9(2-4-10)7-24(22,23)8-15(21)20-14-6-12(18)11(17)5-13(14)19/h1-6H,7-8H2,(H,20,21). The van der Waals surface area contributed by atoms with Crippen molar-refractivity contribution in [3.8, 4) is 0 Å². The molecule has 24 heavy (non-hydrogen) atoms. The third-order valence-corrected chi connectivity index (χ3v) is 5.70. The summed E-state index contributed by atoms with van der Waals surface area (Å²) in [5, 5.41) is 3.50. The molecule has 1 amide bonds. The molecule has 128 valence electrons. The van der Waals surface area contributed by atoms with Gasteiger partial charge in [-0.05, 0) is 29.8 Å². The summed E-state index contributed by atoms with van der Waals surface area (Å²) >= 11 is 23.3. The Bertz CT molecular complexity index is 867. The zero-order valence-electron chi connectivity index (χ0n) is 12.0. The number of benzene rings is 2. The predicted octanol–water partition coefficient (Wildman–Crippen LogP) is 4.85. The Morgan fingerprint density at radius 1 is 0.917 bits per heavy atom. The predicted molar refractivity (Wildman–Crippen MR) is 99.0 cm³/mol. The van der Waals surface area contributed by atoms with Crippen LogP contribution in [-0.2, 0) is 20.4 Å². The number of rotatable bonds is 5. The third kappa shape index (κ3) is 5.53. The molecule has 0 heterocycles. The average Bonchev–Trinajstić information content (AvgIpc) is 2.46. The second-order valence-corrected chi connectivity index (χ2v) is 8.68. The highest BCUT2D eigenvalue weighted by Gasteiger charge is 2.19. The number of carbonyl (C=O) groups excluding carboxylic acids is 1. The monoisotopic (exact) mass is 425 g/mol. The van der Waals surface area contributed by atoms with E-state index in [-0.39, 0.29) is 26.5 Å². The van der Waals surface area contributed by atoms with Crippen LogP contribution in [0.5, 0.6) is 0 Å². The lowest BCUT2D eigenvalue weighted by atomic mass is 10.2. The van der Waals surface area contributed by atoms with Crippen molar-refractivity contribution < 1.29 is 13.2 Å². The second-order valence-electron chi connectivity index (χ2n) is 4.95. The smallest absolute Gasteiger partial charge is 0.239 e. The van der Waals surface area contributed by atoms with E-state index in [4.69, 9.17) is 46.4 Å². The molecule has 2 rings (SSSR count). The number of amides is 1. The molecule has 0 atom stereocenters. The zero-order valence-corrected chi connectivity index (χ0v) is 15.9. The van der Waals surface area contributed by atoms with Gasteiger partial charge in [-0.15, -0.1) is 0 Å². The number of halogens is 4. The number of carbonyl (C=O) groups is 1. The van der Waals surface area contributed by atoms with E-state index in [0.717, 1.165) is 0 Å². The lowest BCUT2D eigenvalue weighted by molar-refractivity contribution is -0.113. The van der Waals surface area contributed by atoms with Crippen LogP contribution >= 0.6 is 46.4 Å². The van der Waals surface area contributed by atoms with E-state index in [2.05, 4.69) is 5.32 Å². The molecule has 2 aromatic rings. The highest BCUT2D eigenvalue weighted by atomic mass is 35.5. The molecule has 2 aromatic carbocycles. The van der Waals surface area contributed by atoms with Gasteiger partial charge in [0.15, 0.2) is 9.84 Å². The van der Waals surface area contributed by atoms with Gasteiger partial charge in [-0.3, -0.25) is 4.79 Å². The molecule has 0 aliphatic rings. The molecule has 0 aliphatic carbocycles. The Morgan fingerprint density at radius 2 is 1.50 bits per heavy atom. The summed E-state index contributed by atoms with van der Waals surface area (Å²) in [6, 6.07) is 9.07. The molecule has 0 aromatic heterocycles. The van der Waals surface area contributed by atoms with E-state index in [1.807, 2.05) is 0 Å². The van der Waals surface area contributed by atoms with Crippen molar-refractivity contribution in [1.82, 2.24) is 0 Å². The van der Waals surface area contributed by atoms with Crippen molar-refractivity contribution >= 4 is 67.8 Å². The van der Waals surface area contributed by atoms with Gasteiger partial charge in [-0.2, -0.15) is 0 Å². The molecule has 0 fully saturated rings. The van der Waals surface area contributed by atoms with E-state index in [9.17, 15) is 13.2 Å². The first-order chi connectivity index (χ1) is 11.2. The Balaban J connectivity index is 2.05. The van der Waals surface area contributed by atoms with Gasteiger partial charge in [-0.1, -0.05) is 58.5 Å². The Labute approximate surface area is 159 Å². The average molecular weight is 427 g/mol. The van der Waals surface area contributed by atoms with Gasteiger partial charge in [0.2, 0.25) is 5.91 Å². The van der Waals surface area contributed by atoms with E-state index < -0.39 is 21.5 Å². The highest BCUT2D eigenvalue weighted by molar-refractivity contribution is 7.91. The van der Waals surface area contributed by atoms with Gasteiger partial charge >= 0.3 is 0 Å². The highest BCUT2D eigenvalue weighted by Crippen LogP contribution is 2.32. The summed E-state index contributed by atoms with van der Waals surface area (Å²) in [4.78, 5) is 12.0. The van der Waals surface area contributed by atoms with Crippen LogP contribution in [-0.4, -0.2) is 20.1 Å². The fourth-order valence-corrected chi connectivity index (χ4v) is 3.88. The van der Waals surface area contributed by atoms with Crippen LogP contribution in [0.15, 0.2) is 36.4 Å². The molecule has 9 heteroatoms. The van der Waals surface area contributed by atoms with E-state index in [1.165, 1.54) is 12.1 Å². The minimum Gasteiger partial charge on any atom is -0.324 e. The molecular weight excluding hydrogens is 416 g/mol. The minimum absolute atomic E-state index is 0.160. The van der Waals surface area contributed by atoms with Gasteiger partial charge in [0, 0.05) is 5.02 Å². The molecule has 0 saturated carbocycles. The van der Waals surface area contributed by atoms with Crippen LogP contribution in [0.1, 0.15) is 5.56 Å². The quantitative estimate of drug-likeness (QED) is 0.694. The van der Waals surface area contributed by atoms with E-state index >= 15 is 0 Å². The molecule has 1 N–H and O–H groups in total. The molecular formula is C15H11Cl4NO3S. The largest absolute Gasteiger partial charge is 0.324 e. The second kappa shape index (κ2) is 7.93. The van der Waals surface area contributed by atoms with Crippen molar-refractivity contribution in [2.45, 2.75) is 5.75 Å². The van der Waals surface area contributed by atoms with Crippen LogP contribution in [0.2, 0.25) is 20.1 Å². The summed E-state index contributed by atoms with van der Waals surface area (Å²) in [6.07, 6.45) is 0. The number of sulfone groups is 1. The van der Waals surface area contributed by atoms with Crippen LogP contribution in [0.4, 0.5) is 5.69 Å². The molecule has 0 aliphatic heterocycles. The van der Waals surface area contributed by atoms with Crippen molar-refractivity contribution in [1.29, 1.82) is 0 Å². The fourth-order valence-electron chi connectivity index (χ4n) is 1.89. The van der Waals surface area contributed by atoms with Crippen LogP contribution in [0, 0.1) is 0 Å². The van der Waals surface area contributed by atoms with Gasteiger partial charge in [0.25, 0.3) is 0 Å². The molecule has 0 radical (unpaired) electrons. The first-order valence-corrected chi connectivity index (χ1v) is 9.89. The fraction of sp³-hybridized carbons (Fsp3) is 0.133. The number of nitrogens with one attached hydrogen (secondary N) is 1. The Hall–Kier alpha value is -0.980. The molecule has 4 nitrogen and oxygen atoms in total. The van der Waals surface area contributed by atoms with E-state index in [0.29, 0.717) is 10.6 Å². The van der Waals surface area contributed by atoms with Crippen LogP contribution in [0.3, 0.4) is 0 Å². The summed E-state index contributed by atoms with van der Waals surface area (Å²) in [7, 11) is -3.66. The first kappa shape index (κ1) is 19.3. The lowest BCUT2D eigenvalue weighted by Gasteiger charge is -2.09. The Morgan fingerprint density at radius 3 is 2.12 bits per heavy atom. The van der Waals surface area contributed by atoms with Crippen molar-refractivity contribution in [3.05, 3.63) is 62.1 Å². The van der Waals surface area contributed by atoms with Crippen molar-refractivity contribution in [2.24, 2.45) is 0 Å². The number of hydrogen-bond donors (Lipinski definition) is 1. The molecule has 0 unspecified atom stereocenters. The zero-order chi connectivity index (χ0) is 17.9. The number of hydrogen-bond acceptors (Lipinski definition) is 3. The maximum Gasteiger partial charge on any atom is 0.239 e. The van der Waals surface area contributed by atoms with Gasteiger partial charge in [-0.25, -0.2) is 8.42 Å². The summed E-state index contributed by atoms with van der Waals surface area (Å²) < 4.78 is 24.2. The number of anilines is 1. The molecule has 0 spiro atoms. The van der Waals surface area contributed by atoms with Gasteiger partial charge < -0.3 is 5.32 Å². The van der Waals surface area contributed by atoms with Crippen molar-refractivity contribution in [2.75, 3.05) is 11.1 Å². The topological polar surface area (TPSA) is 63.2 Å². The minimum atomic E-state index is -3.66. The van der Waals surface area contributed by atoms with Gasteiger partial charge in [0.05, 0.1) is 26.5 Å².